The maximum atomic E-state index is 12.9. The Morgan fingerprint density at radius 1 is 1.19 bits per heavy atom. The van der Waals surface area contributed by atoms with E-state index in [1.807, 2.05) is 41.3 Å². The number of piperidine rings is 1. The number of para-hydroxylation sites is 1. The molecular weight excluding hydrogens is 390 g/mol. The van der Waals surface area contributed by atoms with Crippen LogP contribution in [0.2, 0.25) is 0 Å². The molecule has 2 aromatic carbocycles. The number of ether oxygens (including phenoxy) is 1. The van der Waals surface area contributed by atoms with E-state index in [4.69, 9.17) is 9.26 Å². The number of nitrogens with zero attached hydrogens (tertiary/aromatic N) is 3. The number of hydrogen-bond acceptors (Lipinski definition) is 5. The second-order valence-corrected chi connectivity index (χ2v) is 8.40. The number of amides is 1. The SMILES string of the molecule is COc1ccccc1CC(=O)N1CCCC(c2nc(-c3ccc(C(C)C)cc3)no2)C1. The van der Waals surface area contributed by atoms with Crippen LogP contribution in [-0.4, -0.2) is 41.1 Å². The van der Waals surface area contributed by atoms with Gasteiger partial charge in [0.25, 0.3) is 0 Å². The summed E-state index contributed by atoms with van der Waals surface area (Å²) in [5.74, 6) is 2.59. The third-order valence-electron chi connectivity index (χ3n) is 5.93. The topological polar surface area (TPSA) is 68.5 Å². The molecule has 1 aliphatic heterocycles. The Bertz CT molecular complexity index is 1030. The molecule has 31 heavy (non-hydrogen) atoms. The van der Waals surface area contributed by atoms with E-state index >= 15 is 0 Å². The first kappa shape index (κ1) is 21.1. The van der Waals surface area contributed by atoms with E-state index in [0.717, 1.165) is 36.3 Å². The zero-order valence-corrected chi connectivity index (χ0v) is 18.4. The van der Waals surface area contributed by atoms with Gasteiger partial charge in [-0.25, -0.2) is 0 Å². The normalized spacial score (nSPS) is 16.5. The molecule has 1 saturated heterocycles. The fourth-order valence-electron chi connectivity index (χ4n) is 4.06. The van der Waals surface area contributed by atoms with Crippen LogP contribution < -0.4 is 4.74 Å². The van der Waals surface area contributed by atoms with Gasteiger partial charge in [0.1, 0.15) is 5.75 Å². The van der Waals surface area contributed by atoms with Crippen molar-refractivity contribution in [3.63, 3.8) is 0 Å². The van der Waals surface area contributed by atoms with Crippen LogP contribution in [0.4, 0.5) is 0 Å². The van der Waals surface area contributed by atoms with Crippen LogP contribution in [0.15, 0.2) is 53.1 Å². The van der Waals surface area contributed by atoms with Crippen LogP contribution in [0.25, 0.3) is 11.4 Å². The molecule has 1 aliphatic rings. The monoisotopic (exact) mass is 419 g/mol. The highest BCUT2D eigenvalue weighted by Crippen LogP contribution is 2.29. The van der Waals surface area contributed by atoms with Crippen molar-refractivity contribution >= 4 is 5.91 Å². The summed E-state index contributed by atoms with van der Waals surface area (Å²) < 4.78 is 11.0. The zero-order chi connectivity index (χ0) is 21.8. The molecule has 0 N–H and O–H groups in total. The molecule has 1 atom stereocenters. The van der Waals surface area contributed by atoms with Gasteiger partial charge in [-0.3, -0.25) is 4.79 Å². The van der Waals surface area contributed by atoms with Crippen molar-refractivity contribution in [1.82, 2.24) is 15.0 Å². The van der Waals surface area contributed by atoms with E-state index in [2.05, 4.69) is 36.1 Å². The lowest BCUT2D eigenvalue weighted by Gasteiger charge is -2.31. The van der Waals surface area contributed by atoms with Crippen LogP contribution >= 0.6 is 0 Å². The molecule has 0 radical (unpaired) electrons. The van der Waals surface area contributed by atoms with Gasteiger partial charge in [0.15, 0.2) is 0 Å². The van der Waals surface area contributed by atoms with Gasteiger partial charge < -0.3 is 14.2 Å². The van der Waals surface area contributed by atoms with Gasteiger partial charge in [-0.15, -0.1) is 0 Å². The first-order valence-electron chi connectivity index (χ1n) is 10.9. The van der Waals surface area contributed by atoms with Gasteiger partial charge in [0.2, 0.25) is 17.6 Å². The zero-order valence-electron chi connectivity index (χ0n) is 18.4. The molecule has 0 bridgehead atoms. The molecular formula is C25H29N3O3. The second-order valence-electron chi connectivity index (χ2n) is 8.40. The van der Waals surface area contributed by atoms with Crippen LogP contribution in [0.5, 0.6) is 5.75 Å². The number of carbonyl (C=O) groups is 1. The Hall–Kier alpha value is -3.15. The van der Waals surface area contributed by atoms with Gasteiger partial charge in [0.05, 0.1) is 19.4 Å². The Balaban J connectivity index is 1.43. The molecule has 6 nitrogen and oxygen atoms in total. The Kier molecular flexibility index (Phi) is 6.35. The van der Waals surface area contributed by atoms with Crippen molar-refractivity contribution in [2.75, 3.05) is 20.2 Å². The summed E-state index contributed by atoms with van der Waals surface area (Å²) in [5.41, 5.74) is 3.13. The van der Waals surface area contributed by atoms with E-state index in [9.17, 15) is 4.79 Å². The predicted molar refractivity (Wildman–Crippen MR) is 119 cm³/mol. The molecule has 0 spiro atoms. The highest BCUT2D eigenvalue weighted by molar-refractivity contribution is 5.79. The molecule has 2 heterocycles. The minimum absolute atomic E-state index is 0.0616. The lowest BCUT2D eigenvalue weighted by atomic mass is 9.97. The minimum Gasteiger partial charge on any atom is -0.496 e. The number of aromatic nitrogens is 2. The highest BCUT2D eigenvalue weighted by Gasteiger charge is 2.29. The maximum absolute atomic E-state index is 12.9. The molecule has 3 aromatic rings. The lowest BCUT2D eigenvalue weighted by Crippen LogP contribution is -2.40. The van der Waals surface area contributed by atoms with Gasteiger partial charge in [-0.05, 0) is 30.4 Å². The molecule has 1 fully saturated rings. The van der Waals surface area contributed by atoms with Crippen LogP contribution in [0, 0.1) is 0 Å². The summed E-state index contributed by atoms with van der Waals surface area (Å²) >= 11 is 0. The summed E-state index contributed by atoms with van der Waals surface area (Å²) in [7, 11) is 1.63. The number of hydrogen-bond donors (Lipinski definition) is 0. The summed E-state index contributed by atoms with van der Waals surface area (Å²) in [4.78, 5) is 19.5. The summed E-state index contributed by atoms with van der Waals surface area (Å²) in [5, 5.41) is 4.19. The third-order valence-corrected chi connectivity index (χ3v) is 5.93. The quantitative estimate of drug-likeness (QED) is 0.573. The largest absolute Gasteiger partial charge is 0.496 e. The smallest absolute Gasteiger partial charge is 0.231 e. The molecule has 162 valence electrons. The van der Waals surface area contributed by atoms with Crippen molar-refractivity contribution in [3.05, 3.63) is 65.5 Å². The number of benzene rings is 2. The fourth-order valence-corrected chi connectivity index (χ4v) is 4.06. The van der Waals surface area contributed by atoms with Crippen molar-refractivity contribution in [2.24, 2.45) is 0 Å². The van der Waals surface area contributed by atoms with Gasteiger partial charge in [-0.1, -0.05) is 61.5 Å². The molecule has 6 heteroatoms. The molecule has 1 unspecified atom stereocenters. The van der Waals surface area contributed by atoms with E-state index < -0.39 is 0 Å². The molecule has 0 aliphatic carbocycles. The lowest BCUT2D eigenvalue weighted by molar-refractivity contribution is -0.131. The van der Waals surface area contributed by atoms with E-state index in [1.54, 1.807) is 7.11 Å². The maximum Gasteiger partial charge on any atom is 0.231 e. The van der Waals surface area contributed by atoms with E-state index in [1.165, 1.54) is 5.56 Å². The summed E-state index contributed by atoms with van der Waals surface area (Å²) in [6.45, 7) is 5.70. The van der Waals surface area contributed by atoms with Crippen molar-refractivity contribution in [2.45, 2.75) is 44.9 Å². The highest BCUT2D eigenvalue weighted by atomic mass is 16.5. The minimum atomic E-state index is 0.0616. The molecule has 0 saturated carbocycles. The third kappa shape index (κ3) is 4.79. The number of rotatable bonds is 6. The van der Waals surface area contributed by atoms with Crippen LogP contribution in [0.3, 0.4) is 0 Å². The predicted octanol–water partition coefficient (Wildman–Crippen LogP) is 4.82. The Morgan fingerprint density at radius 3 is 2.71 bits per heavy atom. The fraction of sp³-hybridized carbons (Fsp3) is 0.400. The molecule has 4 rings (SSSR count). The average Bonchev–Trinajstić information content (AvgIpc) is 3.30. The molecule has 1 aromatic heterocycles. The summed E-state index contributed by atoms with van der Waals surface area (Å²) in [6, 6.07) is 15.9. The second kappa shape index (κ2) is 9.33. The Morgan fingerprint density at radius 2 is 1.97 bits per heavy atom. The summed E-state index contributed by atoms with van der Waals surface area (Å²) in [6.07, 6.45) is 2.18. The van der Waals surface area contributed by atoms with Gasteiger partial charge in [0, 0.05) is 24.2 Å². The Labute approximate surface area is 183 Å². The van der Waals surface area contributed by atoms with Crippen LogP contribution in [0.1, 0.15) is 55.5 Å². The first-order chi connectivity index (χ1) is 15.0. The van der Waals surface area contributed by atoms with Crippen LogP contribution in [-0.2, 0) is 11.2 Å². The standard InChI is InChI=1S/C25H29N3O3/c1-17(2)18-10-12-19(13-11-18)24-26-25(31-27-24)21-8-6-14-28(16-21)23(29)15-20-7-4-5-9-22(20)30-3/h4-5,7,9-13,17,21H,6,8,14-16H2,1-3H3. The first-order valence-corrected chi connectivity index (χ1v) is 10.9. The van der Waals surface area contributed by atoms with E-state index in [0.29, 0.717) is 30.6 Å². The number of likely N-dealkylation sites (tertiary alicyclic amines) is 1. The van der Waals surface area contributed by atoms with Gasteiger partial charge in [-0.2, -0.15) is 4.98 Å². The average molecular weight is 420 g/mol. The van der Waals surface area contributed by atoms with Crippen molar-refractivity contribution in [1.29, 1.82) is 0 Å². The molecule has 1 amide bonds. The number of methoxy groups -OCH3 is 1. The van der Waals surface area contributed by atoms with Gasteiger partial charge >= 0.3 is 0 Å². The number of carbonyl (C=O) groups excluding carboxylic acids is 1. The van der Waals surface area contributed by atoms with Crippen molar-refractivity contribution < 1.29 is 14.1 Å². The van der Waals surface area contributed by atoms with E-state index in [-0.39, 0.29) is 11.8 Å². The van der Waals surface area contributed by atoms with Crippen molar-refractivity contribution in [3.8, 4) is 17.1 Å².